The predicted octanol–water partition coefficient (Wildman–Crippen LogP) is 4.62. The molecule has 2 rings (SSSR count). The lowest BCUT2D eigenvalue weighted by Gasteiger charge is -2.17. The molecule has 0 saturated carbocycles. The number of rotatable bonds is 4. The van der Waals surface area contributed by atoms with E-state index in [1.165, 1.54) is 18.2 Å². The molecule has 0 unspecified atom stereocenters. The van der Waals surface area contributed by atoms with Gasteiger partial charge in [-0.05, 0) is 44.0 Å². The van der Waals surface area contributed by atoms with E-state index in [0.29, 0.717) is 11.1 Å². The molecule has 0 bridgehead atoms. The van der Waals surface area contributed by atoms with Crippen LogP contribution in [0.1, 0.15) is 26.3 Å². The van der Waals surface area contributed by atoms with Gasteiger partial charge in [0.2, 0.25) is 0 Å². The molecule has 2 aromatic carbocycles. The first-order chi connectivity index (χ1) is 11.3. The normalized spacial score (nSPS) is 11.5. The molecular weight excluding hydrogens is 306 g/mol. The first-order valence-corrected chi connectivity index (χ1v) is 7.51. The van der Waals surface area contributed by atoms with E-state index in [0.717, 1.165) is 5.56 Å². The van der Waals surface area contributed by atoms with Crippen LogP contribution in [0.15, 0.2) is 54.6 Å². The number of carbonyl (C=O) groups excluding carboxylic acids is 1. The summed E-state index contributed by atoms with van der Waals surface area (Å²) in [4.78, 5) is 22.6. The second kappa shape index (κ2) is 7.08. The van der Waals surface area contributed by atoms with Gasteiger partial charge in [0.15, 0.2) is 0 Å². The van der Waals surface area contributed by atoms with Gasteiger partial charge in [-0.15, -0.1) is 0 Å². The molecule has 5 heteroatoms. The molecule has 124 valence electrons. The van der Waals surface area contributed by atoms with E-state index in [-0.39, 0.29) is 5.69 Å². The van der Waals surface area contributed by atoms with Gasteiger partial charge in [0.25, 0.3) is 5.69 Å². The SMILES string of the molecule is CC(C)(C)OC(=O)C=Cc1ccc(-c2ccccc2)c([N+](=O)[O-])c1. The monoisotopic (exact) mass is 325 g/mol. The summed E-state index contributed by atoms with van der Waals surface area (Å²) in [6.45, 7) is 5.33. The summed E-state index contributed by atoms with van der Waals surface area (Å²) in [6.07, 6.45) is 2.78. The number of hydrogen-bond donors (Lipinski definition) is 0. The Hall–Kier alpha value is -2.95. The lowest BCUT2D eigenvalue weighted by atomic mass is 10.0. The molecule has 0 saturated heterocycles. The average molecular weight is 325 g/mol. The Bertz CT molecular complexity index is 774. The second-order valence-electron chi connectivity index (χ2n) is 6.27. The Kier molecular flexibility index (Phi) is 5.14. The van der Waals surface area contributed by atoms with Gasteiger partial charge in [-0.3, -0.25) is 10.1 Å². The highest BCUT2D eigenvalue weighted by molar-refractivity contribution is 5.88. The minimum atomic E-state index is -0.579. The lowest BCUT2D eigenvalue weighted by molar-refractivity contribution is -0.384. The molecule has 5 nitrogen and oxygen atoms in total. The molecule has 0 radical (unpaired) electrons. The van der Waals surface area contributed by atoms with Crippen molar-refractivity contribution in [2.75, 3.05) is 0 Å². The summed E-state index contributed by atoms with van der Waals surface area (Å²) in [5.74, 6) is -0.489. The molecule has 2 aromatic rings. The number of hydrogen-bond acceptors (Lipinski definition) is 4. The average Bonchev–Trinajstić information content (AvgIpc) is 2.52. The van der Waals surface area contributed by atoms with Crippen molar-refractivity contribution in [3.05, 3.63) is 70.3 Å². The number of esters is 1. The van der Waals surface area contributed by atoms with Gasteiger partial charge >= 0.3 is 5.97 Å². The van der Waals surface area contributed by atoms with Crippen LogP contribution in [0.2, 0.25) is 0 Å². The Morgan fingerprint density at radius 2 is 1.79 bits per heavy atom. The Morgan fingerprint density at radius 1 is 1.12 bits per heavy atom. The van der Waals surface area contributed by atoms with Gasteiger partial charge < -0.3 is 4.74 Å². The van der Waals surface area contributed by atoms with Crippen LogP contribution in [-0.2, 0) is 9.53 Å². The number of nitrogens with zero attached hydrogens (tertiary/aromatic N) is 1. The third kappa shape index (κ3) is 4.78. The zero-order valence-corrected chi connectivity index (χ0v) is 13.9. The smallest absolute Gasteiger partial charge is 0.331 e. The Balaban J connectivity index is 2.30. The number of carbonyl (C=O) groups is 1. The van der Waals surface area contributed by atoms with Crippen LogP contribution in [0, 0.1) is 10.1 Å². The zero-order valence-electron chi connectivity index (χ0n) is 13.9. The van der Waals surface area contributed by atoms with Crippen LogP contribution in [-0.4, -0.2) is 16.5 Å². The fourth-order valence-electron chi connectivity index (χ4n) is 2.17. The van der Waals surface area contributed by atoms with Crippen LogP contribution in [0.3, 0.4) is 0 Å². The van der Waals surface area contributed by atoms with Crippen molar-refractivity contribution in [2.45, 2.75) is 26.4 Å². The first kappa shape index (κ1) is 17.4. The fourth-order valence-corrected chi connectivity index (χ4v) is 2.17. The number of benzene rings is 2. The molecule has 0 amide bonds. The quantitative estimate of drug-likeness (QED) is 0.356. The van der Waals surface area contributed by atoms with Crippen molar-refractivity contribution in [2.24, 2.45) is 0 Å². The largest absolute Gasteiger partial charge is 0.457 e. The number of ether oxygens (including phenoxy) is 1. The molecule has 0 N–H and O–H groups in total. The van der Waals surface area contributed by atoms with E-state index < -0.39 is 16.5 Å². The highest BCUT2D eigenvalue weighted by atomic mass is 16.6. The Morgan fingerprint density at radius 3 is 2.38 bits per heavy atom. The van der Waals surface area contributed by atoms with Crippen molar-refractivity contribution in [1.29, 1.82) is 0 Å². The molecule has 0 spiro atoms. The molecule has 0 heterocycles. The molecule has 0 fully saturated rings. The van der Waals surface area contributed by atoms with Gasteiger partial charge in [0.1, 0.15) is 5.60 Å². The van der Waals surface area contributed by atoms with Gasteiger partial charge in [0, 0.05) is 12.1 Å². The molecule has 0 aliphatic heterocycles. The lowest BCUT2D eigenvalue weighted by Crippen LogP contribution is -2.22. The van der Waals surface area contributed by atoms with Crippen molar-refractivity contribution in [3.63, 3.8) is 0 Å². The molecular formula is C19H19NO4. The third-order valence-corrected chi connectivity index (χ3v) is 3.12. The van der Waals surface area contributed by atoms with Gasteiger partial charge in [0.05, 0.1) is 10.5 Å². The van der Waals surface area contributed by atoms with E-state index in [2.05, 4.69) is 0 Å². The van der Waals surface area contributed by atoms with Crippen LogP contribution < -0.4 is 0 Å². The van der Waals surface area contributed by atoms with Gasteiger partial charge in [-0.25, -0.2) is 4.79 Å². The summed E-state index contributed by atoms with van der Waals surface area (Å²) < 4.78 is 5.17. The highest BCUT2D eigenvalue weighted by Gasteiger charge is 2.16. The van der Waals surface area contributed by atoms with Gasteiger partial charge in [-0.2, -0.15) is 0 Å². The third-order valence-electron chi connectivity index (χ3n) is 3.12. The van der Waals surface area contributed by atoms with E-state index in [1.54, 1.807) is 32.9 Å². The maximum absolute atomic E-state index is 11.7. The zero-order chi connectivity index (χ0) is 17.7. The van der Waals surface area contributed by atoms with E-state index in [4.69, 9.17) is 4.74 Å². The maximum atomic E-state index is 11.7. The van der Waals surface area contributed by atoms with Crippen LogP contribution in [0.25, 0.3) is 17.2 Å². The van der Waals surface area contributed by atoms with E-state index in [9.17, 15) is 14.9 Å². The van der Waals surface area contributed by atoms with Crippen LogP contribution >= 0.6 is 0 Å². The first-order valence-electron chi connectivity index (χ1n) is 7.51. The maximum Gasteiger partial charge on any atom is 0.331 e. The summed E-state index contributed by atoms with van der Waals surface area (Å²) in [5.41, 5.74) is 1.28. The molecule has 0 aromatic heterocycles. The van der Waals surface area contributed by atoms with Crippen molar-refractivity contribution in [1.82, 2.24) is 0 Å². The minimum Gasteiger partial charge on any atom is -0.457 e. The van der Waals surface area contributed by atoms with Crippen molar-refractivity contribution in [3.8, 4) is 11.1 Å². The Labute approximate surface area is 140 Å². The topological polar surface area (TPSA) is 69.4 Å². The second-order valence-corrected chi connectivity index (χ2v) is 6.27. The van der Waals surface area contributed by atoms with Crippen molar-refractivity contribution >= 4 is 17.7 Å². The summed E-state index contributed by atoms with van der Waals surface area (Å²) in [6, 6.07) is 14.0. The summed E-state index contributed by atoms with van der Waals surface area (Å²) >= 11 is 0. The number of nitro benzene ring substituents is 1. The van der Waals surface area contributed by atoms with E-state index in [1.807, 2.05) is 30.3 Å². The van der Waals surface area contributed by atoms with E-state index >= 15 is 0 Å². The number of nitro groups is 1. The standard InChI is InChI=1S/C19H19NO4/c1-19(2,3)24-18(21)12-10-14-9-11-16(17(13-14)20(22)23)15-7-5-4-6-8-15/h4-13H,1-3H3. The fraction of sp³-hybridized carbons (Fsp3) is 0.211. The van der Waals surface area contributed by atoms with Crippen LogP contribution in [0.5, 0.6) is 0 Å². The summed E-state index contributed by atoms with van der Waals surface area (Å²) in [5, 5.41) is 11.4. The minimum absolute atomic E-state index is 0.00691. The van der Waals surface area contributed by atoms with Gasteiger partial charge in [-0.1, -0.05) is 36.4 Å². The molecule has 24 heavy (non-hydrogen) atoms. The highest BCUT2D eigenvalue weighted by Crippen LogP contribution is 2.30. The van der Waals surface area contributed by atoms with Crippen molar-refractivity contribution < 1.29 is 14.5 Å². The predicted molar refractivity (Wildman–Crippen MR) is 93.4 cm³/mol. The molecule has 0 aliphatic carbocycles. The summed E-state index contributed by atoms with van der Waals surface area (Å²) in [7, 11) is 0. The molecule has 0 atom stereocenters. The molecule has 0 aliphatic rings. The van der Waals surface area contributed by atoms with Crippen LogP contribution in [0.4, 0.5) is 5.69 Å².